The van der Waals surface area contributed by atoms with E-state index in [0.717, 1.165) is 24.6 Å². The van der Waals surface area contributed by atoms with Crippen LogP contribution in [0, 0.1) is 0 Å². The van der Waals surface area contributed by atoms with Gasteiger partial charge in [-0.2, -0.15) is 0 Å². The van der Waals surface area contributed by atoms with Gasteiger partial charge in [0.15, 0.2) is 5.75 Å². The van der Waals surface area contributed by atoms with E-state index < -0.39 is 0 Å². The molecule has 0 saturated carbocycles. The maximum Gasteiger partial charge on any atom is 0.225 e. The largest absolute Gasteiger partial charge is 0.486 e. The SMILES string of the molecule is Clc1cccc(Cl)c1COc1cnc(N2CCCC2)nc1. The van der Waals surface area contributed by atoms with E-state index in [1.807, 2.05) is 6.07 Å². The number of rotatable bonds is 4. The summed E-state index contributed by atoms with van der Waals surface area (Å²) in [6.45, 7) is 2.34. The van der Waals surface area contributed by atoms with Crippen LogP contribution in [0.2, 0.25) is 10.0 Å². The van der Waals surface area contributed by atoms with Gasteiger partial charge >= 0.3 is 0 Å². The maximum absolute atomic E-state index is 6.10. The third-order valence-corrected chi connectivity index (χ3v) is 4.16. The van der Waals surface area contributed by atoms with Crippen molar-refractivity contribution in [2.24, 2.45) is 0 Å². The van der Waals surface area contributed by atoms with Crippen LogP contribution in [0.5, 0.6) is 5.75 Å². The number of benzene rings is 1. The molecule has 2 heterocycles. The van der Waals surface area contributed by atoms with Crippen LogP contribution < -0.4 is 9.64 Å². The van der Waals surface area contributed by atoms with Crippen molar-refractivity contribution in [2.45, 2.75) is 19.4 Å². The summed E-state index contributed by atoms with van der Waals surface area (Å²) in [6.07, 6.45) is 5.77. The minimum absolute atomic E-state index is 0.297. The molecule has 1 aromatic carbocycles. The summed E-state index contributed by atoms with van der Waals surface area (Å²) in [7, 11) is 0. The normalized spacial score (nSPS) is 14.5. The third kappa shape index (κ3) is 3.39. The molecule has 0 aliphatic carbocycles. The van der Waals surface area contributed by atoms with Gasteiger partial charge in [0.2, 0.25) is 5.95 Å². The van der Waals surface area contributed by atoms with Crippen molar-refractivity contribution < 1.29 is 4.74 Å². The molecular weight excluding hydrogens is 309 g/mol. The predicted molar refractivity (Wildman–Crippen MR) is 84.3 cm³/mol. The van der Waals surface area contributed by atoms with Gasteiger partial charge in [-0.3, -0.25) is 0 Å². The molecule has 21 heavy (non-hydrogen) atoms. The van der Waals surface area contributed by atoms with E-state index in [9.17, 15) is 0 Å². The van der Waals surface area contributed by atoms with Crippen LogP contribution in [-0.4, -0.2) is 23.1 Å². The first-order valence-corrected chi connectivity index (χ1v) is 7.62. The van der Waals surface area contributed by atoms with Crippen molar-refractivity contribution in [2.75, 3.05) is 18.0 Å². The lowest BCUT2D eigenvalue weighted by atomic mass is 10.2. The molecule has 1 aromatic heterocycles. The monoisotopic (exact) mass is 323 g/mol. The van der Waals surface area contributed by atoms with Crippen molar-refractivity contribution in [1.82, 2.24) is 9.97 Å². The van der Waals surface area contributed by atoms with E-state index in [4.69, 9.17) is 27.9 Å². The molecule has 0 atom stereocenters. The Bertz CT molecular complexity index is 593. The molecular formula is C15H15Cl2N3O. The minimum Gasteiger partial charge on any atom is -0.486 e. The first kappa shape index (κ1) is 14.4. The summed E-state index contributed by atoms with van der Waals surface area (Å²) in [5, 5.41) is 1.19. The highest BCUT2D eigenvalue weighted by Gasteiger charge is 2.14. The van der Waals surface area contributed by atoms with Crippen molar-refractivity contribution >= 4 is 29.2 Å². The fourth-order valence-electron chi connectivity index (χ4n) is 2.29. The molecule has 0 amide bonds. The van der Waals surface area contributed by atoms with Gasteiger partial charge < -0.3 is 9.64 Å². The molecule has 3 rings (SSSR count). The van der Waals surface area contributed by atoms with Crippen LogP contribution in [0.25, 0.3) is 0 Å². The van der Waals surface area contributed by atoms with E-state index in [0.29, 0.717) is 22.4 Å². The predicted octanol–water partition coefficient (Wildman–Crippen LogP) is 3.96. The molecule has 1 aliphatic heterocycles. The molecule has 0 radical (unpaired) electrons. The van der Waals surface area contributed by atoms with Gasteiger partial charge in [-0.25, -0.2) is 9.97 Å². The maximum atomic E-state index is 6.10. The molecule has 0 unspecified atom stereocenters. The summed E-state index contributed by atoms with van der Waals surface area (Å²) >= 11 is 12.2. The first-order valence-electron chi connectivity index (χ1n) is 6.87. The van der Waals surface area contributed by atoms with Crippen molar-refractivity contribution in [3.8, 4) is 5.75 Å². The number of hydrogen-bond donors (Lipinski definition) is 0. The number of hydrogen-bond acceptors (Lipinski definition) is 4. The second kappa shape index (κ2) is 6.50. The molecule has 0 bridgehead atoms. The van der Waals surface area contributed by atoms with Crippen LogP contribution >= 0.6 is 23.2 Å². The van der Waals surface area contributed by atoms with Crippen LogP contribution in [0.15, 0.2) is 30.6 Å². The second-order valence-corrected chi connectivity index (χ2v) is 5.72. The van der Waals surface area contributed by atoms with Gasteiger partial charge in [0.25, 0.3) is 0 Å². The Labute approximate surface area is 133 Å². The molecule has 0 N–H and O–H groups in total. The average molecular weight is 324 g/mol. The molecule has 1 fully saturated rings. The Balaban J connectivity index is 1.65. The number of ether oxygens (including phenoxy) is 1. The zero-order valence-electron chi connectivity index (χ0n) is 11.4. The number of nitrogens with zero attached hydrogens (tertiary/aromatic N) is 3. The van der Waals surface area contributed by atoms with E-state index >= 15 is 0 Å². The summed E-state index contributed by atoms with van der Waals surface area (Å²) in [5.74, 6) is 1.37. The number of halogens is 2. The Morgan fingerprint density at radius 2 is 1.67 bits per heavy atom. The van der Waals surface area contributed by atoms with E-state index in [1.54, 1.807) is 24.5 Å². The van der Waals surface area contributed by atoms with Gasteiger partial charge in [-0.1, -0.05) is 29.3 Å². The molecule has 110 valence electrons. The van der Waals surface area contributed by atoms with Crippen LogP contribution in [0.4, 0.5) is 5.95 Å². The fourth-order valence-corrected chi connectivity index (χ4v) is 2.80. The van der Waals surface area contributed by atoms with Gasteiger partial charge in [0.1, 0.15) is 6.61 Å². The van der Waals surface area contributed by atoms with Crippen LogP contribution in [0.3, 0.4) is 0 Å². The molecule has 1 aliphatic rings. The highest BCUT2D eigenvalue weighted by Crippen LogP contribution is 2.26. The quantitative estimate of drug-likeness (QED) is 0.853. The topological polar surface area (TPSA) is 38.2 Å². The lowest BCUT2D eigenvalue weighted by Gasteiger charge is -2.15. The Morgan fingerprint density at radius 3 is 2.29 bits per heavy atom. The standard InChI is InChI=1S/C15H15Cl2N3O/c16-13-4-3-5-14(17)12(13)10-21-11-8-18-15(19-9-11)20-6-1-2-7-20/h3-5,8-9H,1-2,6-7,10H2. The zero-order valence-corrected chi connectivity index (χ0v) is 12.9. The Hall–Kier alpha value is -1.52. The van der Waals surface area contributed by atoms with E-state index in [1.165, 1.54) is 12.8 Å². The summed E-state index contributed by atoms with van der Waals surface area (Å²) in [5.41, 5.74) is 0.768. The lowest BCUT2D eigenvalue weighted by Crippen LogP contribution is -2.20. The Kier molecular flexibility index (Phi) is 4.46. The average Bonchev–Trinajstić information content (AvgIpc) is 3.02. The van der Waals surface area contributed by atoms with Crippen LogP contribution in [0.1, 0.15) is 18.4 Å². The summed E-state index contributed by atoms with van der Waals surface area (Å²) in [6, 6.07) is 5.39. The van der Waals surface area contributed by atoms with E-state index in [2.05, 4.69) is 14.9 Å². The minimum atomic E-state index is 0.297. The van der Waals surface area contributed by atoms with Crippen molar-refractivity contribution in [3.05, 3.63) is 46.2 Å². The fraction of sp³-hybridized carbons (Fsp3) is 0.333. The third-order valence-electron chi connectivity index (χ3n) is 3.45. The number of aromatic nitrogens is 2. The molecule has 6 heteroatoms. The smallest absolute Gasteiger partial charge is 0.225 e. The van der Waals surface area contributed by atoms with Crippen molar-refractivity contribution in [3.63, 3.8) is 0 Å². The van der Waals surface area contributed by atoms with Gasteiger partial charge in [-0.15, -0.1) is 0 Å². The molecule has 4 nitrogen and oxygen atoms in total. The molecule has 0 spiro atoms. The summed E-state index contributed by atoms with van der Waals surface area (Å²) < 4.78 is 5.66. The van der Waals surface area contributed by atoms with E-state index in [-0.39, 0.29) is 0 Å². The van der Waals surface area contributed by atoms with Gasteiger partial charge in [-0.05, 0) is 25.0 Å². The van der Waals surface area contributed by atoms with Crippen molar-refractivity contribution in [1.29, 1.82) is 0 Å². The Morgan fingerprint density at radius 1 is 1.05 bits per heavy atom. The second-order valence-electron chi connectivity index (χ2n) is 4.90. The summed E-state index contributed by atoms with van der Waals surface area (Å²) in [4.78, 5) is 10.9. The molecule has 2 aromatic rings. The van der Waals surface area contributed by atoms with Gasteiger partial charge in [0.05, 0.1) is 12.4 Å². The highest BCUT2D eigenvalue weighted by atomic mass is 35.5. The lowest BCUT2D eigenvalue weighted by molar-refractivity contribution is 0.304. The first-order chi connectivity index (χ1) is 10.2. The molecule has 1 saturated heterocycles. The highest BCUT2D eigenvalue weighted by molar-refractivity contribution is 6.35. The van der Waals surface area contributed by atoms with Crippen LogP contribution in [-0.2, 0) is 6.61 Å². The number of anilines is 1. The zero-order chi connectivity index (χ0) is 14.7. The van der Waals surface area contributed by atoms with Gasteiger partial charge in [0, 0.05) is 28.7 Å².